The number of amides is 2. The Morgan fingerprint density at radius 2 is 1.66 bits per heavy atom. The summed E-state index contributed by atoms with van der Waals surface area (Å²) in [6.45, 7) is 4.56. The van der Waals surface area contributed by atoms with E-state index in [4.69, 9.17) is 4.74 Å². The van der Waals surface area contributed by atoms with E-state index in [0.717, 1.165) is 43.8 Å². The van der Waals surface area contributed by atoms with Gasteiger partial charge in [-0.25, -0.2) is 0 Å². The number of hydrogen-bond donors (Lipinski definition) is 2. The van der Waals surface area contributed by atoms with E-state index in [2.05, 4.69) is 29.7 Å². The second-order valence-corrected chi connectivity index (χ2v) is 9.07. The fourth-order valence-electron chi connectivity index (χ4n) is 4.11. The minimum atomic E-state index is -0.158. The van der Waals surface area contributed by atoms with E-state index in [1.807, 2.05) is 71.6 Å². The Labute approximate surface area is 207 Å². The molecule has 0 atom stereocenters. The van der Waals surface area contributed by atoms with Crippen LogP contribution in [-0.2, 0) is 11.2 Å². The van der Waals surface area contributed by atoms with Crippen LogP contribution in [0.3, 0.4) is 0 Å². The van der Waals surface area contributed by atoms with Crippen LogP contribution < -0.4 is 15.4 Å². The highest BCUT2D eigenvalue weighted by atomic mass is 16.5. The summed E-state index contributed by atoms with van der Waals surface area (Å²) in [7, 11) is 0. The molecule has 2 amide bonds. The third kappa shape index (κ3) is 7.34. The average Bonchev–Trinajstić information content (AvgIpc) is 2.89. The molecule has 0 radical (unpaired) electrons. The number of carbonyl (C=O) groups is 2. The Hall–Kier alpha value is -3.80. The number of piperidine rings is 1. The Balaban J connectivity index is 1.21. The quantitative estimate of drug-likeness (QED) is 0.448. The highest BCUT2D eigenvalue weighted by Gasteiger charge is 2.21. The van der Waals surface area contributed by atoms with Crippen molar-refractivity contribution in [3.63, 3.8) is 0 Å². The molecule has 182 valence electrons. The van der Waals surface area contributed by atoms with Gasteiger partial charge in [0.25, 0.3) is 5.91 Å². The molecule has 6 heteroatoms. The number of benzene rings is 3. The van der Waals surface area contributed by atoms with Gasteiger partial charge in [-0.2, -0.15) is 0 Å². The van der Waals surface area contributed by atoms with E-state index in [9.17, 15) is 9.59 Å². The zero-order chi connectivity index (χ0) is 24.5. The fourth-order valence-corrected chi connectivity index (χ4v) is 4.11. The van der Waals surface area contributed by atoms with E-state index >= 15 is 0 Å². The van der Waals surface area contributed by atoms with Crippen LogP contribution in [0, 0.1) is 5.92 Å². The van der Waals surface area contributed by atoms with Crippen LogP contribution in [0.1, 0.15) is 35.7 Å². The number of nitrogens with zero attached hydrogens (tertiary/aromatic N) is 1. The van der Waals surface area contributed by atoms with Crippen LogP contribution in [0.15, 0.2) is 78.9 Å². The molecule has 1 heterocycles. The van der Waals surface area contributed by atoms with E-state index in [1.54, 1.807) is 0 Å². The summed E-state index contributed by atoms with van der Waals surface area (Å²) < 4.78 is 5.84. The van der Waals surface area contributed by atoms with E-state index in [-0.39, 0.29) is 18.4 Å². The highest BCUT2D eigenvalue weighted by molar-refractivity contribution is 5.95. The molecule has 0 aromatic heterocycles. The maximum atomic E-state index is 12.7. The first-order chi connectivity index (χ1) is 17.1. The van der Waals surface area contributed by atoms with Gasteiger partial charge in [0.05, 0.1) is 13.2 Å². The van der Waals surface area contributed by atoms with Crippen molar-refractivity contribution in [1.82, 2.24) is 4.90 Å². The van der Waals surface area contributed by atoms with E-state index in [0.29, 0.717) is 23.8 Å². The van der Waals surface area contributed by atoms with Gasteiger partial charge >= 0.3 is 0 Å². The molecule has 0 aliphatic carbocycles. The van der Waals surface area contributed by atoms with Gasteiger partial charge in [-0.1, -0.05) is 43.3 Å². The molecule has 1 fully saturated rings. The summed E-state index contributed by atoms with van der Waals surface area (Å²) in [5.74, 6) is 1.32. The van der Waals surface area contributed by atoms with Gasteiger partial charge in [0, 0.05) is 42.5 Å². The summed E-state index contributed by atoms with van der Waals surface area (Å²) >= 11 is 0. The fraction of sp³-hybridized carbons (Fsp3) is 0.310. The van der Waals surface area contributed by atoms with Crippen molar-refractivity contribution in [1.29, 1.82) is 0 Å². The number of nitrogens with one attached hydrogen (secondary N) is 2. The van der Waals surface area contributed by atoms with Crippen molar-refractivity contribution in [3.8, 4) is 5.75 Å². The molecule has 2 N–H and O–H groups in total. The molecule has 3 aromatic carbocycles. The van der Waals surface area contributed by atoms with Crippen LogP contribution >= 0.6 is 0 Å². The molecule has 1 aliphatic rings. The average molecular weight is 472 g/mol. The van der Waals surface area contributed by atoms with Crippen LogP contribution in [0.2, 0.25) is 0 Å². The summed E-state index contributed by atoms with van der Waals surface area (Å²) in [6, 6.07) is 24.9. The zero-order valence-electron chi connectivity index (χ0n) is 20.2. The molecule has 0 unspecified atom stereocenters. The van der Waals surface area contributed by atoms with Gasteiger partial charge < -0.3 is 20.3 Å². The maximum absolute atomic E-state index is 12.7. The van der Waals surface area contributed by atoms with Gasteiger partial charge in [0.2, 0.25) is 5.91 Å². The van der Waals surface area contributed by atoms with Gasteiger partial charge in [-0.3, -0.25) is 9.59 Å². The van der Waals surface area contributed by atoms with Crippen molar-refractivity contribution in [2.24, 2.45) is 5.92 Å². The van der Waals surface area contributed by atoms with E-state index in [1.165, 1.54) is 5.56 Å². The first-order valence-electron chi connectivity index (χ1n) is 12.3. The lowest BCUT2D eigenvalue weighted by Gasteiger charge is -2.30. The summed E-state index contributed by atoms with van der Waals surface area (Å²) in [6.07, 6.45) is 2.94. The Kier molecular flexibility index (Phi) is 8.39. The lowest BCUT2D eigenvalue weighted by Crippen LogP contribution is -2.37. The van der Waals surface area contributed by atoms with Gasteiger partial charge in [-0.05, 0) is 60.7 Å². The largest absolute Gasteiger partial charge is 0.493 e. The van der Waals surface area contributed by atoms with Crippen LogP contribution in [0.4, 0.5) is 11.4 Å². The van der Waals surface area contributed by atoms with Crippen molar-refractivity contribution in [3.05, 3.63) is 90.0 Å². The van der Waals surface area contributed by atoms with Crippen molar-refractivity contribution >= 4 is 23.2 Å². The summed E-state index contributed by atoms with van der Waals surface area (Å²) in [4.78, 5) is 27.0. The normalized spacial score (nSPS) is 13.8. The van der Waals surface area contributed by atoms with Gasteiger partial charge in [0.1, 0.15) is 5.75 Å². The number of ether oxygens (including phenoxy) is 1. The number of hydrogen-bond acceptors (Lipinski definition) is 4. The summed E-state index contributed by atoms with van der Waals surface area (Å²) in [5.41, 5.74) is 3.38. The molecule has 0 spiro atoms. The van der Waals surface area contributed by atoms with Crippen LogP contribution in [-0.4, -0.2) is 43.0 Å². The molecular weight excluding hydrogens is 438 g/mol. The third-order valence-corrected chi connectivity index (χ3v) is 6.28. The lowest BCUT2D eigenvalue weighted by atomic mass is 9.98. The first kappa shape index (κ1) is 24.3. The number of likely N-dealkylation sites (tertiary alicyclic amines) is 1. The molecule has 4 rings (SSSR count). The standard InChI is InChI=1S/C29H33N3O3/c1-22-14-17-32(18-15-22)29(34)24-10-12-25(13-11-24)30-21-28(33)31-26-8-5-9-27(20-26)35-19-16-23-6-3-2-4-7-23/h2-13,20,22,30H,14-19,21H2,1H3,(H,31,33). The molecule has 6 nitrogen and oxygen atoms in total. The maximum Gasteiger partial charge on any atom is 0.253 e. The Morgan fingerprint density at radius 3 is 2.40 bits per heavy atom. The number of anilines is 2. The van der Waals surface area contributed by atoms with Crippen molar-refractivity contribution in [2.45, 2.75) is 26.2 Å². The second-order valence-electron chi connectivity index (χ2n) is 9.07. The van der Waals surface area contributed by atoms with Crippen LogP contribution in [0.25, 0.3) is 0 Å². The molecule has 1 saturated heterocycles. The SMILES string of the molecule is CC1CCN(C(=O)c2ccc(NCC(=O)Nc3cccc(OCCc4ccccc4)c3)cc2)CC1. The van der Waals surface area contributed by atoms with Gasteiger partial charge in [-0.15, -0.1) is 0 Å². The minimum absolute atomic E-state index is 0.0760. The molecule has 35 heavy (non-hydrogen) atoms. The van der Waals surface area contributed by atoms with Gasteiger partial charge in [0.15, 0.2) is 0 Å². The summed E-state index contributed by atoms with van der Waals surface area (Å²) in [5, 5.41) is 6.01. The molecule has 0 saturated carbocycles. The molecule has 1 aliphatic heterocycles. The second kappa shape index (κ2) is 12.1. The first-order valence-corrected chi connectivity index (χ1v) is 12.3. The third-order valence-electron chi connectivity index (χ3n) is 6.28. The Bertz CT molecular complexity index is 1110. The van der Waals surface area contributed by atoms with Crippen molar-refractivity contribution < 1.29 is 14.3 Å². The molecular formula is C29H33N3O3. The Morgan fingerprint density at radius 1 is 0.914 bits per heavy atom. The van der Waals surface area contributed by atoms with Crippen LogP contribution in [0.5, 0.6) is 5.75 Å². The smallest absolute Gasteiger partial charge is 0.253 e. The predicted molar refractivity (Wildman–Crippen MR) is 140 cm³/mol. The molecule has 3 aromatic rings. The predicted octanol–water partition coefficient (Wildman–Crippen LogP) is 5.23. The molecule has 0 bridgehead atoms. The number of rotatable bonds is 9. The topological polar surface area (TPSA) is 70.7 Å². The lowest BCUT2D eigenvalue weighted by molar-refractivity contribution is -0.114. The zero-order valence-corrected chi connectivity index (χ0v) is 20.2. The highest BCUT2D eigenvalue weighted by Crippen LogP contribution is 2.20. The van der Waals surface area contributed by atoms with E-state index < -0.39 is 0 Å². The monoisotopic (exact) mass is 471 g/mol. The van der Waals surface area contributed by atoms with Crippen molar-refractivity contribution in [2.75, 3.05) is 36.9 Å². The minimum Gasteiger partial charge on any atom is -0.493 e. The number of carbonyl (C=O) groups excluding carboxylic acids is 2.